The molecule has 0 atom stereocenters. The van der Waals surface area contributed by atoms with Crippen molar-refractivity contribution in [1.82, 2.24) is 9.97 Å². The molecule has 6 rings (SSSR count). The van der Waals surface area contributed by atoms with Gasteiger partial charge in [-0.2, -0.15) is 0 Å². The average molecular weight is 598 g/mol. The standard InChI is InChI=1S/C30H18Br2N2O2/c31-23-5-1-17(2-6-23)29(35)25-15-21(13-19-9-11-33-27(19)25)22-14-20-10-12-34-28(20)26(16-22)30(36)18-3-7-24(32)8-4-18/h1-16,33-34H. The number of carbonyl (C=O) groups is 2. The number of nitrogens with one attached hydrogen (secondary N) is 2. The third kappa shape index (κ3) is 4.02. The molecule has 6 aromatic rings. The Morgan fingerprint density at radius 1 is 0.528 bits per heavy atom. The third-order valence-electron chi connectivity index (χ3n) is 6.35. The molecular formula is C30H18Br2N2O2. The molecule has 0 spiro atoms. The van der Waals surface area contributed by atoms with E-state index in [9.17, 15) is 9.59 Å². The number of fused-ring (bicyclic) bond motifs is 2. The third-order valence-corrected chi connectivity index (χ3v) is 7.41. The van der Waals surface area contributed by atoms with E-state index in [1.807, 2.05) is 97.3 Å². The lowest BCUT2D eigenvalue weighted by Gasteiger charge is -2.11. The second kappa shape index (κ2) is 9.04. The lowest BCUT2D eigenvalue weighted by atomic mass is 9.92. The van der Waals surface area contributed by atoms with E-state index in [0.29, 0.717) is 22.3 Å². The Kier molecular flexibility index (Phi) is 5.70. The van der Waals surface area contributed by atoms with E-state index < -0.39 is 0 Å². The molecule has 0 fully saturated rings. The number of aromatic amines is 2. The summed E-state index contributed by atoms with van der Waals surface area (Å²) in [6.45, 7) is 0. The summed E-state index contributed by atoms with van der Waals surface area (Å²) in [7, 11) is 0. The summed E-state index contributed by atoms with van der Waals surface area (Å²) in [5, 5.41) is 1.87. The summed E-state index contributed by atoms with van der Waals surface area (Å²) in [6.07, 6.45) is 3.68. The van der Waals surface area contributed by atoms with Crippen molar-refractivity contribution in [3.63, 3.8) is 0 Å². The topological polar surface area (TPSA) is 65.7 Å². The quantitative estimate of drug-likeness (QED) is 0.196. The average Bonchev–Trinajstić information content (AvgIpc) is 3.57. The van der Waals surface area contributed by atoms with E-state index in [2.05, 4.69) is 41.8 Å². The highest BCUT2D eigenvalue weighted by molar-refractivity contribution is 9.10. The second-order valence-corrected chi connectivity index (χ2v) is 10.4. The molecule has 6 heteroatoms. The number of aromatic nitrogens is 2. The summed E-state index contributed by atoms with van der Waals surface area (Å²) in [5.41, 5.74) is 5.72. The summed E-state index contributed by atoms with van der Waals surface area (Å²) in [4.78, 5) is 33.5. The van der Waals surface area contributed by atoms with Gasteiger partial charge in [0, 0.05) is 54.4 Å². The highest BCUT2D eigenvalue weighted by atomic mass is 79.9. The molecule has 36 heavy (non-hydrogen) atoms. The van der Waals surface area contributed by atoms with Crippen LogP contribution in [0.1, 0.15) is 31.8 Å². The number of benzene rings is 4. The monoisotopic (exact) mass is 596 g/mol. The van der Waals surface area contributed by atoms with Crippen molar-refractivity contribution < 1.29 is 9.59 Å². The number of halogens is 2. The van der Waals surface area contributed by atoms with Crippen LogP contribution in [0.3, 0.4) is 0 Å². The van der Waals surface area contributed by atoms with Gasteiger partial charge in [-0.3, -0.25) is 9.59 Å². The van der Waals surface area contributed by atoms with E-state index in [1.54, 1.807) is 0 Å². The normalized spacial score (nSPS) is 11.3. The molecule has 174 valence electrons. The van der Waals surface area contributed by atoms with E-state index >= 15 is 0 Å². The van der Waals surface area contributed by atoms with Crippen LogP contribution in [0.15, 0.2) is 106 Å². The van der Waals surface area contributed by atoms with Crippen molar-refractivity contribution in [1.29, 1.82) is 0 Å². The molecule has 0 bridgehead atoms. The van der Waals surface area contributed by atoms with Gasteiger partial charge in [-0.05, 0) is 96.1 Å². The maximum atomic E-state index is 13.5. The Bertz CT molecular complexity index is 1650. The highest BCUT2D eigenvalue weighted by Gasteiger charge is 2.19. The smallest absolute Gasteiger partial charge is 0.195 e. The molecule has 2 aromatic heterocycles. The summed E-state index contributed by atoms with van der Waals surface area (Å²) >= 11 is 6.86. The van der Waals surface area contributed by atoms with Crippen LogP contribution < -0.4 is 0 Å². The molecule has 4 nitrogen and oxygen atoms in total. The van der Waals surface area contributed by atoms with Crippen molar-refractivity contribution in [2.45, 2.75) is 0 Å². The first kappa shape index (κ1) is 22.7. The van der Waals surface area contributed by atoms with Gasteiger partial charge in [0.1, 0.15) is 0 Å². The summed E-state index contributed by atoms with van der Waals surface area (Å²) < 4.78 is 1.83. The van der Waals surface area contributed by atoms with Crippen molar-refractivity contribution in [2.24, 2.45) is 0 Å². The number of hydrogen-bond donors (Lipinski definition) is 2. The fourth-order valence-electron chi connectivity index (χ4n) is 4.55. The van der Waals surface area contributed by atoms with E-state index in [0.717, 1.165) is 41.9 Å². The zero-order valence-corrected chi connectivity index (χ0v) is 22.0. The highest BCUT2D eigenvalue weighted by Crippen LogP contribution is 2.33. The first-order valence-electron chi connectivity index (χ1n) is 11.3. The molecule has 0 unspecified atom stereocenters. The molecule has 2 N–H and O–H groups in total. The fourth-order valence-corrected chi connectivity index (χ4v) is 5.08. The number of hydrogen-bond acceptors (Lipinski definition) is 2. The Morgan fingerprint density at radius 3 is 1.31 bits per heavy atom. The molecule has 0 saturated carbocycles. The van der Waals surface area contributed by atoms with Gasteiger partial charge in [-0.15, -0.1) is 0 Å². The fraction of sp³-hybridized carbons (Fsp3) is 0. The molecule has 2 heterocycles. The minimum atomic E-state index is -0.0642. The van der Waals surface area contributed by atoms with Gasteiger partial charge >= 0.3 is 0 Å². The Hall–Kier alpha value is -3.74. The van der Waals surface area contributed by atoms with Crippen molar-refractivity contribution >= 4 is 65.2 Å². The first-order chi connectivity index (χ1) is 17.5. The minimum absolute atomic E-state index is 0.0642. The maximum Gasteiger partial charge on any atom is 0.195 e. The maximum absolute atomic E-state index is 13.5. The molecule has 0 aliphatic carbocycles. The van der Waals surface area contributed by atoms with Gasteiger partial charge in [0.2, 0.25) is 0 Å². The van der Waals surface area contributed by atoms with Crippen molar-refractivity contribution in [2.75, 3.05) is 0 Å². The molecule has 4 aromatic carbocycles. The van der Waals surface area contributed by atoms with Gasteiger partial charge in [0.25, 0.3) is 0 Å². The van der Waals surface area contributed by atoms with Crippen LogP contribution in [-0.4, -0.2) is 21.5 Å². The van der Waals surface area contributed by atoms with E-state index in [4.69, 9.17) is 0 Å². The zero-order valence-electron chi connectivity index (χ0n) is 18.8. The molecule has 0 aliphatic rings. The Labute approximate surface area is 223 Å². The zero-order chi connectivity index (χ0) is 24.8. The number of H-pyrrole nitrogens is 2. The van der Waals surface area contributed by atoms with Crippen molar-refractivity contribution in [3.8, 4) is 11.1 Å². The molecule has 0 radical (unpaired) electrons. The van der Waals surface area contributed by atoms with Crippen LogP contribution in [0.2, 0.25) is 0 Å². The molecule has 0 amide bonds. The van der Waals surface area contributed by atoms with Crippen LogP contribution in [-0.2, 0) is 0 Å². The van der Waals surface area contributed by atoms with E-state index in [1.165, 1.54) is 0 Å². The van der Waals surface area contributed by atoms with E-state index in [-0.39, 0.29) is 11.6 Å². The molecule has 0 saturated heterocycles. The SMILES string of the molecule is O=C(c1ccc(Br)cc1)c1cc(-c2cc(C(=O)c3ccc(Br)cc3)c3[nH]ccc3c2)cc2cc[nH]c12. The number of carbonyl (C=O) groups excluding carboxylic acids is 2. The van der Waals surface area contributed by atoms with Crippen LogP contribution >= 0.6 is 31.9 Å². The number of rotatable bonds is 5. The Balaban J connectivity index is 1.51. The van der Waals surface area contributed by atoms with Gasteiger partial charge in [0.15, 0.2) is 11.6 Å². The molecular weight excluding hydrogens is 580 g/mol. The number of ketones is 2. The van der Waals surface area contributed by atoms with Crippen molar-refractivity contribution in [3.05, 3.63) is 129 Å². The minimum Gasteiger partial charge on any atom is -0.361 e. The first-order valence-corrected chi connectivity index (χ1v) is 12.9. The van der Waals surface area contributed by atoms with Crippen LogP contribution in [0.25, 0.3) is 32.9 Å². The van der Waals surface area contributed by atoms with Gasteiger partial charge in [-0.1, -0.05) is 31.9 Å². The van der Waals surface area contributed by atoms with Crippen LogP contribution in [0, 0.1) is 0 Å². The van der Waals surface area contributed by atoms with Crippen LogP contribution in [0.4, 0.5) is 0 Å². The summed E-state index contributed by atoms with van der Waals surface area (Å²) in [5.74, 6) is -0.128. The summed E-state index contributed by atoms with van der Waals surface area (Å²) in [6, 6.07) is 26.5. The van der Waals surface area contributed by atoms with Gasteiger partial charge in [0.05, 0.1) is 11.0 Å². The lowest BCUT2D eigenvalue weighted by molar-refractivity contribution is 0.103. The molecule has 0 aliphatic heterocycles. The lowest BCUT2D eigenvalue weighted by Crippen LogP contribution is -2.04. The second-order valence-electron chi connectivity index (χ2n) is 8.60. The predicted octanol–water partition coefficient (Wildman–Crippen LogP) is 8.30. The van der Waals surface area contributed by atoms with Gasteiger partial charge < -0.3 is 9.97 Å². The predicted molar refractivity (Wildman–Crippen MR) is 151 cm³/mol. The Morgan fingerprint density at radius 2 is 0.917 bits per heavy atom. The largest absolute Gasteiger partial charge is 0.361 e. The van der Waals surface area contributed by atoms with Gasteiger partial charge in [-0.25, -0.2) is 0 Å². The van der Waals surface area contributed by atoms with Crippen LogP contribution in [0.5, 0.6) is 0 Å².